The number of nitrogens with one attached hydrogen (secondary N) is 3. The zero-order chi connectivity index (χ0) is 19.6. The number of carbonyl (C=O) groups excluding carboxylic acids is 2. The zero-order valence-corrected chi connectivity index (χ0v) is 15.7. The van der Waals surface area contributed by atoms with Crippen LogP contribution in [0.15, 0.2) is 48.5 Å². The molecule has 0 aliphatic carbocycles. The third kappa shape index (κ3) is 6.49. The van der Waals surface area contributed by atoms with E-state index in [1.165, 1.54) is 17.7 Å². The van der Waals surface area contributed by atoms with Gasteiger partial charge >= 0.3 is 0 Å². The lowest BCUT2D eigenvalue weighted by molar-refractivity contribution is -0.125. The molecule has 0 saturated heterocycles. The summed E-state index contributed by atoms with van der Waals surface area (Å²) in [6, 6.07) is 14.0. The Labute approximate surface area is 159 Å². The first-order valence-electron chi connectivity index (χ1n) is 9.14. The van der Waals surface area contributed by atoms with Gasteiger partial charge in [0.25, 0.3) is 0 Å². The van der Waals surface area contributed by atoms with Gasteiger partial charge < -0.3 is 10.6 Å². The molecular weight excluding hydrogens is 345 g/mol. The Hall–Kier alpha value is -2.73. The zero-order valence-electron chi connectivity index (χ0n) is 15.7. The van der Waals surface area contributed by atoms with Gasteiger partial charge in [-0.05, 0) is 42.2 Å². The summed E-state index contributed by atoms with van der Waals surface area (Å²) in [5.41, 5.74) is 2.88. The molecule has 0 unspecified atom stereocenters. The van der Waals surface area contributed by atoms with Crippen LogP contribution in [0.25, 0.3) is 0 Å². The molecule has 0 fully saturated rings. The SMILES string of the molecule is CCNC(=O)CNC(=O)CN[C@@H](c1ccc(CC)cc1)c1cccc(F)c1. The number of likely N-dealkylation sites (N-methyl/N-ethyl adjacent to an activating group) is 1. The maximum absolute atomic E-state index is 13.7. The van der Waals surface area contributed by atoms with Gasteiger partial charge in [-0.15, -0.1) is 0 Å². The van der Waals surface area contributed by atoms with E-state index in [1.54, 1.807) is 6.07 Å². The van der Waals surface area contributed by atoms with E-state index in [0.29, 0.717) is 6.54 Å². The van der Waals surface area contributed by atoms with Crippen LogP contribution in [-0.2, 0) is 16.0 Å². The minimum absolute atomic E-state index is 0.0100. The summed E-state index contributed by atoms with van der Waals surface area (Å²) in [5.74, 6) is -0.860. The molecule has 0 heterocycles. The normalized spacial score (nSPS) is 11.7. The van der Waals surface area contributed by atoms with Gasteiger partial charge in [-0.3, -0.25) is 14.9 Å². The summed E-state index contributed by atoms with van der Waals surface area (Å²) in [6.45, 7) is 4.35. The lowest BCUT2D eigenvalue weighted by atomic mass is 9.97. The highest BCUT2D eigenvalue weighted by Gasteiger charge is 2.16. The maximum atomic E-state index is 13.7. The molecule has 2 aromatic rings. The van der Waals surface area contributed by atoms with Crippen molar-refractivity contribution in [3.63, 3.8) is 0 Å². The molecule has 0 saturated carbocycles. The molecule has 6 heteroatoms. The fourth-order valence-electron chi connectivity index (χ4n) is 2.76. The van der Waals surface area contributed by atoms with E-state index in [2.05, 4.69) is 22.9 Å². The molecule has 3 N–H and O–H groups in total. The third-order valence-electron chi connectivity index (χ3n) is 4.19. The van der Waals surface area contributed by atoms with Crippen molar-refractivity contribution >= 4 is 11.8 Å². The predicted molar refractivity (Wildman–Crippen MR) is 104 cm³/mol. The Morgan fingerprint density at radius 3 is 2.26 bits per heavy atom. The number of hydrogen-bond acceptors (Lipinski definition) is 3. The van der Waals surface area contributed by atoms with Crippen molar-refractivity contribution < 1.29 is 14.0 Å². The van der Waals surface area contributed by atoms with Crippen LogP contribution in [0.5, 0.6) is 0 Å². The van der Waals surface area contributed by atoms with E-state index < -0.39 is 0 Å². The lowest BCUT2D eigenvalue weighted by Crippen LogP contribution is -2.41. The molecule has 0 aliphatic rings. The van der Waals surface area contributed by atoms with Gasteiger partial charge in [0.2, 0.25) is 11.8 Å². The number of rotatable bonds is 9. The molecule has 0 aliphatic heterocycles. The molecule has 2 aromatic carbocycles. The van der Waals surface area contributed by atoms with Gasteiger partial charge in [0, 0.05) is 6.54 Å². The van der Waals surface area contributed by atoms with Gasteiger partial charge in [-0.1, -0.05) is 43.3 Å². The Bertz CT molecular complexity index is 762. The minimum Gasteiger partial charge on any atom is -0.355 e. The summed E-state index contributed by atoms with van der Waals surface area (Å²) in [4.78, 5) is 23.5. The number of aryl methyl sites for hydroxylation is 1. The molecule has 2 amide bonds. The first-order valence-corrected chi connectivity index (χ1v) is 9.14. The quantitative estimate of drug-likeness (QED) is 0.634. The van der Waals surface area contributed by atoms with Crippen LogP contribution in [-0.4, -0.2) is 31.4 Å². The van der Waals surface area contributed by atoms with Crippen LogP contribution in [0, 0.1) is 5.82 Å². The van der Waals surface area contributed by atoms with Crippen LogP contribution in [0.1, 0.15) is 36.6 Å². The summed E-state index contributed by atoms with van der Waals surface area (Å²) >= 11 is 0. The second-order valence-electron chi connectivity index (χ2n) is 6.19. The minimum atomic E-state index is -0.332. The standard InChI is InChI=1S/C21H26FN3O2/c1-3-15-8-10-16(11-9-15)21(17-6-5-7-18(22)12-17)25-14-20(27)24-13-19(26)23-4-2/h5-12,21,25H,3-4,13-14H2,1-2H3,(H,23,26)(H,24,27)/t21-/m0/s1. The highest BCUT2D eigenvalue weighted by atomic mass is 19.1. The molecule has 0 radical (unpaired) electrons. The van der Waals surface area contributed by atoms with Gasteiger partial charge in [0.1, 0.15) is 5.82 Å². The number of carbonyl (C=O) groups is 2. The van der Waals surface area contributed by atoms with E-state index in [0.717, 1.165) is 17.5 Å². The van der Waals surface area contributed by atoms with Crippen molar-refractivity contribution in [2.24, 2.45) is 0 Å². The maximum Gasteiger partial charge on any atom is 0.239 e. The Morgan fingerprint density at radius 1 is 0.926 bits per heavy atom. The molecule has 1 atom stereocenters. The Balaban J connectivity index is 2.08. The Morgan fingerprint density at radius 2 is 1.63 bits per heavy atom. The van der Waals surface area contributed by atoms with Gasteiger partial charge in [0.15, 0.2) is 0 Å². The molecule has 27 heavy (non-hydrogen) atoms. The number of halogens is 1. The van der Waals surface area contributed by atoms with Crippen molar-refractivity contribution in [3.05, 3.63) is 71.0 Å². The highest BCUT2D eigenvalue weighted by molar-refractivity contribution is 5.85. The second kappa shape index (κ2) is 10.4. The topological polar surface area (TPSA) is 70.2 Å². The Kier molecular flexibility index (Phi) is 7.95. The monoisotopic (exact) mass is 371 g/mol. The molecule has 144 valence electrons. The number of benzene rings is 2. The van der Waals surface area contributed by atoms with E-state index in [-0.39, 0.29) is 36.8 Å². The van der Waals surface area contributed by atoms with E-state index >= 15 is 0 Å². The lowest BCUT2D eigenvalue weighted by Gasteiger charge is -2.20. The fourth-order valence-corrected chi connectivity index (χ4v) is 2.76. The van der Waals surface area contributed by atoms with Crippen molar-refractivity contribution in [2.45, 2.75) is 26.3 Å². The van der Waals surface area contributed by atoms with E-state index in [4.69, 9.17) is 0 Å². The fraction of sp³-hybridized carbons (Fsp3) is 0.333. The molecule has 5 nitrogen and oxygen atoms in total. The molecule has 2 rings (SSSR count). The summed E-state index contributed by atoms with van der Waals surface area (Å²) < 4.78 is 13.7. The number of hydrogen-bond donors (Lipinski definition) is 3. The molecule has 0 spiro atoms. The van der Waals surface area contributed by atoms with Gasteiger partial charge in [-0.2, -0.15) is 0 Å². The van der Waals surface area contributed by atoms with Crippen LogP contribution >= 0.6 is 0 Å². The summed E-state index contributed by atoms with van der Waals surface area (Å²) in [6.07, 6.45) is 0.931. The third-order valence-corrected chi connectivity index (χ3v) is 4.19. The summed E-state index contributed by atoms with van der Waals surface area (Å²) in [7, 11) is 0. The number of amides is 2. The van der Waals surface area contributed by atoms with E-state index in [1.807, 2.05) is 37.3 Å². The molecule has 0 aromatic heterocycles. The van der Waals surface area contributed by atoms with Crippen LogP contribution in [0.3, 0.4) is 0 Å². The highest BCUT2D eigenvalue weighted by Crippen LogP contribution is 2.23. The van der Waals surface area contributed by atoms with Crippen molar-refractivity contribution in [1.29, 1.82) is 0 Å². The van der Waals surface area contributed by atoms with Crippen molar-refractivity contribution in [1.82, 2.24) is 16.0 Å². The van der Waals surface area contributed by atoms with E-state index in [9.17, 15) is 14.0 Å². The average molecular weight is 371 g/mol. The van der Waals surface area contributed by atoms with Crippen LogP contribution < -0.4 is 16.0 Å². The molecule has 0 bridgehead atoms. The van der Waals surface area contributed by atoms with Crippen molar-refractivity contribution in [3.8, 4) is 0 Å². The predicted octanol–water partition coefficient (Wildman–Crippen LogP) is 2.32. The van der Waals surface area contributed by atoms with Crippen LogP contribution in [0.2, 0.25) is 0 Å². The smallest absolute Gasteiger partial charge is 0.239 e. The first kappa shape index (κ1) is 20.6. The largest absolute Gasteiger partial charge is 0.355 e. The average Bonchev–Trinajstić information content (AvgIpc) is 2.67. The summed E-state index contributed by atoms with van der Waals surface area (Å²) in [5, 5.41) is 8.35. The molecular formula is C21H26FN3O2. The second-order valence-corrected chi connectivity index (χ2v) is 6.19. The van der Waals surface area contributed by atoms with Gasteiger partial charge in [-0.25, -0.2) is 4.39 Å². The first-order chi connectivity index (χ1) is 13.0. The van der Waals surface area contributed by atoms with Gasteiger partial charge in [0.05, 0.1) is 19.1 Å². The van der Waals surface area contributed by atoms with Crippen LogP contribution in [0.4, 0.5) is 4.39 Å². The van der Waals surface area contributed by atoms with Crippen molar-refractivity contribution in [2.75, 3.05) is 19.6 Å².